The third-order valence-corrected chi connectivity index (χ3v) is 3.01. The predicted molar refractivity (Wildman–Crippen MR) is 53.1 cm³/mol. The molecule has 0 bridgehead atoms. The van der Waals surface area contributed by atoms with Crippen molar-refractivity contribution in [2.75, 3.05) is 0 Å². The van der Waals surface area contributed by atoms with Gasteiger partial charge in [0.2, 0.25) is 11.8 Å². The van der Waals surface area contributed by atoms with Crippen molar-refractivity contribution in [2.45, 2.75) is 44.9 Å². The fourth-order valence-corrected chi connectivity index (χ4v) is 2.46. The lowest BCUT2D eigenvalue weighted by molar-refractivity contribution is -0.124. The first kappa shape index (κ1) is 11.0. The summed E-state index contributed by atoms with van der Waals surface area (Å²) in [7, 11) is 0. The smallest absolute Gasteiger partial charge is 0.217 e. The molecule has 1 rings (SSSR count). The fourth-order valence-electron chi connectivity index (χ4n) is 2.46. The van der Waals surface area contributed by atoms with Gasteiger partial charge in [0.1, 0.15) is 0 Å². The number of primary amides is 2. The highest BCUT2D eigenvalue weighted by Gasteiger charge is 2.34. The van der Waals surface area contributed by atoms with Crippen molar-refractivity contribution in [3.63, 3.8) is 0 Å². The highest BCUT2D eigenvalue weighted by Crippen LogP contribution is 2.41. The highest BCUT2D eigenvalue weighted by atomic mass is 16.1. The molecule has 2 amide bonds. The van der Waals surface area contributed by atoms with Crippen LogP contribution in [0.3, 0.4) is 0 Å². The largest absolute Gasteiger partial charge is 0.370 e. The van der Waals surface area contributed by atoms with Gasteiger partial charge in [-0.15, -0.1) is 0 Å². The van der Waals surface area contributed by atoms with Crippen LogP contribution in [-0.2, 0) is 9.59 Å². The Morgan fingerprint density at radius 3 is 1.71 bits per heavy atom. The van der Waals surface area contributed by atoms with E-state index in [1.54, 1.807) is 0 Å². The Labute approximate surface area is 84.0 Å². The van der Waals surface area contributed by atoms with Gasteiger partial charge in [0.15, 0.2) is 0 Å². The normalized spacial score (nSPS) is 20.3. The summed E-state index contributed by atoms with van der Waals surface area (Å²) in [5, 5.41) is 0. The molecule has 1 saturated carbocycles. The lowest BCUT2D eigenvalue weighted by atomic mass is 9.69. The van der Waals surface area contributed by atoms with Crippen molar-refractivity contribution in [1.82, 2.24) is 0 Å². The van der Waals surface area contributed by atoms with Crippen LogP contribution >= 0.6 is 0 Å². The van der Waals surface area contributed by atoms with Crippen molar-refractivity contribution in [2.24, 2.45) is 16.9 Å². The monoisotopic (exact) mass is 198 g/mol. The first-order valence-corrected chi connectivity index (χ1v) is 5.11. The van der Waals surface area contributed by atoms with Crippen LogP contribution in [0.2, 0.25) is 0 Å². The second kappa shape index (κ2) is 4.44. The molecule has 1 aliphatic rings. The summed E-state index contributed by atoms with van der Waals surface area (Å²) in [5.41, 5.74) is 10.2. The topological polar surface area (TPSA) is 86.2 Å². The molecule has 0 aromatic carbocycles. The minimum absolute atomic E-state index is 0.226. The second-order valence-corrected chi connectivity index (χ2v) is 4.35. The van der Waals surface area contributed by atoms with E-state index >= 15 is 0 Å². The van der Waals surface area contributed by atoms with Gasteiger partial charge in [0, 0.05) is 12.8 Å². The zero-order valence-corrected chi connectivity index (χ0v) is 8.42. The van der Waals surface area contributed by atoms with Crippen LogP contribution in [0.1, 0.15) is 44.9 Å². The summed E-state index contributed by atoms with van der Waals surface area (Å²) in [4.78, 5) is 21.8. The molecule has 4 heteroatoms. The number of rotatable bonds is 4. The molecule has 0 radical (unpaired) electrons. The molecule has 80 valence electrons. The van der Waals surface area contributed by atoms with Gasteiger partial charge < -0.3 is 11.5 Å². The van der Waals surface area contributed by atoms with Crippen molar-refractivity contribution in [1.29, 1.82) is 0 Å². The zero-order valence-electron chi connectivity index (χ0n) is 8.42. The predicted octanol–water partition coefficient (Wildman–Crippen LogP) is 0.688. The van der Waals surface area contributed by atoms with Gasteiger partial charge in [0.05, 0.1) is 0 Å². The Bertz CT molecular complexity index is 214. The van der Waals surface area contributed by atoms with E-state index in [1.807, 2.05) is 0 Å². The summed E-state index contributed by atoms with van der Waals surface area (Å²) in [5.74, 6) is -0.652. The molecule has 0 saturated heterocycles. The first-order valence-electron chi connectivity index (χ1n) is 5.11. The molecule has 1 fully saturated rings. The van der Waals surface area contributed by atoms with E-state index in [2.05, 4.69) is 0 Å². The molecule has 0 aromatic heterocycles. The maximum atomic E-state index is 10.9. The molecule has 0 spiro atoms. The van der Waals surface area contributed by atoms with E-state index in [1.165, 1.54) is 6.42 Å². The molecule has 0 heterocycles. The van der Waals surface area contributed by atoms with E-state index in [0.717, 1.165) is 25.7 Å². The summed E-state index contributed by atoms with van der Waals surface area (Å²) in [6.07, 6.45) is 5.73. The number of nitrogens with two attached hydrogens (primary N) is 2. The first-order chi connectivity index (χ1) is 6.54. The minimum Gasteiger partial charge on any atom is -0.370 e. The van der Waals surface area contributed by atoms with E-state index in [-0.39, 0.29) is 17.2 Å². The molecule has 1 aliphatic carbocycles. The Morgan fingerprint density at radius 1 is 0.929 bits per heavy atom. The number of hydrogen-bond acceptors (Lipinski definition) is 2. The molecule has 4 nitrogen and oxygen atoms in total. The summed E-state index contributed by atoms with van der Waals surface area (Å²) < 4.78 is 0. The quantitative estimate of drug-likeness (QED) is 0.696. The average Bonchev–Trinajstić information content (AvgIpc) is 2.01. The van der Waals surface area contributed by atoms with Crippen LogP contribution in [0.15, 0.2) is 0 Å². The number of carbonyl (C=O) groups is 2. The number of amides is 2. The van der Waals surface area contributed by atoms with E-state index in [9.17, 15) is 9.59 Å². The van der Waals surface area contributed by atoms with Gasteiger partial charge in [-0.2, -0.15) is 0 Å². The van der Waals surface area contributed by atoms with Gasteiger partial charge in [-0.3, -0.25) is 9.59 Å². The molecule has 0 atom stereocenters. The third kappa shape index (κ3) is 3.01. The van der Waals surface area contributed by atoms with Crippen LogP contribution in [-0.4, -0.2) is 11.8 Å². The summed E-state index contributed by atoms with van der Waals surface area (Å²) >= 11 is 0. The Kier molecular flexibility index (Phi) is 3.49. The third-order valence-electron chi connectivity index (χ3n) is 3.01. The van der Waals surface area contributed by atoms with Gasteiger partial charge in [-0.1, -0.05) is 19.3 Å². The Morgan fingerprint density at radius 2 is 1.36 bits per heavy atom. The molecular weight excluding hydrogens is 180 g/mol. The van der Waals surface area contributed by atoms with Crippen LogP contribution < -0.4 is 11.5 Å². The van der Waals surface area contributed by atoms with Gasteiger partial charge in [0.25, 0.3) is 0 Å². The van der Waals surface area contributed by atoms with E-state index in [4.69, 9.17) is 11.5 Å². The molecule has 14 heavy (non-hydrogen) atoms. The standard InChI is InChI=1S/C10H18N2O2/c11-8(13)6-10(7-9(12)14)4-2-1-3-5-10/h1-7H2,(H2,11,13)(H2,12,14). The van der Waals surface area contributed by atoms with Crippen molar-refractivity contribution in [3.05, 3.63) is 0 Å². The molecule has 0 aromatic rings. The Balaban J connectivity index is 2.66. The van der Waals surface area contributed by atoms with Gasteiger partial charge >= 0.3 is 0 Å². The minimum atomic E-state index is -0.326. The fraction of sp³-hybridized carbons (Fsp3) is 0.800. The Hall–Kier alpha value is -1.06. The highest BCUT2D eigenvalue weighted by molar-refractivity contribution is 5.78. The molecule has 4 N–H and O–H groups in total. The second-order valence-electron chi connectivity index (χ2n) is 4.35. The van der Waals surface area contributed by atoms with Crippen molar-refractivity contribution in [3.8, 4) is 0 Å². The molecule has 0 aliphatic heterocycles. The van der Waals surface area contributed by atoms with Crippen LogP contribution in [0.5, 0.6) is 0 Å². The van der Waals surface area contributed by atoms with Crippen molar-refractivity contribution >= 4 is 11.8 Å². The van der Waals surface area contributed by atoms with Crippen LogP contribution in [0, 0.1) is 5.41 Å². The number of carbonyl (C=O) groups excluding carboxylic acids is 2. The van der Waals surface area contributed by atoms with E-state index in [0.29, 0.717) is 12.8 Å². The zero-order chi connectivity index (χ0) is 10.6. The summed E-state index contributed by atoms with van der Waals surface area (Å²) in [6, 6.07) is 0. The van der Waals surface area contributed by atoms with Gasteiger partial charge in [-0.05, 0) is 18.3 Å². The van der Waals surface area contributed by atoms with Crippen LogP contribution in [0.25, 0.3) is 0 Å². The van der Waals surface area contributed by atoms with Crippen molar-refractivity contribution < 1.29 is 9.59 Å². The lowest BCUT2D eigenvalue weighted by Crippen LogP contribution is -2.34. The lowest BCUT2D eigenvalue weighted by Gasteiger charge is -2.35. The maximum Gasteiger partial charge on any atom is 0.217 e. The SMILES string of the molecule is NC(=O)CC1(CC(N)=O)CCCCC1. The average molecular weight is 198 g/mol. The number of hydrogen-bond donors (Lipinski definition) is 2. The van der Waals surface area contributed by atoms with Gasteiger partial charge in [-0.25, -0.2) is 0 Å². The van der Waals surface area contributed by atoms with Crippen LogP contribution in [0.4, 0.5) is 0 Å². The summed E-state index contributed by atoms with van der Waals surface area (Å²) in [6.45, 7) is 0. The molecule has 0 unspecified atom stereocenters. The maximum absolute atomic E-state index is 10.9. The molecular formula is C10H18N2O2. The van der Waals surface area contributed by atoms with E-state index < -0.39 is 0 Å².